The Kier molecular flexibility index (Phi) is 7.69. The first kappa shape index (κ1) is 22.2. The van der Waals surface area contributed by atoms with Gasteiger partial charge in [0.2, 0.25) is 0 Å². The third kappa shape index (κ3) is 5.84. The molecule has 1 saturated heterocycles. The number of hydrogen-bond acceptors (Lipinski definition) is 5. The van der Waals surface area contributed by atoms with Gasteiger partial charge < -0.3 is 9.74 Å². The Hall–Kier alpha value is -2.96. The monoisotopic (exact) mass is 432 g/mol. The Morgan fingerprint density at radius 1 is 1.00 bits per heavy atom. The van der Waals surface area contributed by atoms with Crippen LogP contribution in [0.5, 0.6) is 5.75 Å². The topological polar surface area (TPSA) is 57.7 Å². The fraction of sp³-hybridized carbons (Fsp3) is 0.385. The highest BCUT2D eigenvalue weighted by molar-refractivity contribution is 5.94. The number of nitrogens with zero attached hydrogens (tertiary/aromatic N) is 3. The van der Waals surface area contributed by atoms with Crippen LogP contribution in [-0.4, -0.2) is 60.5 Å². The molecule has 5 rings (SSSR count). The fourth-order valence-corrected chi connectivity index (χ4v) is 4.16. The summed E-state index contributed by atoms with van der Waals surface area (Å²) < 4.78 is 0. The van der Waals surface area contributed by atoms with Crippen LogP contribution in [0.3, 0.4) is 0 Å². The minimum absolute atomic E-state index is 0.124. The highest BCUT2D eigenvalue weighted by Crippen LogP contribution is 2.27. The molecule has 2 fully saturated rings. The summed E-state index contributed by atoms with van der Waals surface area (Å²) in [6.45, 7) is 4.89. The molecule has 0 spiro atoms. The molecule has 0 unspecified atom stereocenters. The first-order valence-electron chi connectivity index (χ1n) is 11.5. The number of carbonyl (C=O) groups excluding carboxylic acids is 1. The molecule has 1 N–H and O–H groups in total. The number of rotatable bonds is 5. The molecule has 2 aliphatic rings. The van der Waals surface area contributed by atoms with Gasteiger partial charge in [-0.2, -0.15) is 5.48 Å². The van der Waals surface area contributed by atoms with Crippen LogP contribution in [0.4, 0.5) is 0 Å². The minimum atomic E-state index is 0.124. The summed E-state index contributed by atoms with van der Waals surface area (Å²) in [6, 6.07) is 19.4. The van der Waals surface area contributed by atoms with E-state index in [1.54, 1.807) is 7.05 Å². The zero-order valence-electron chi connectivity index (χ0n) is 18.7. The van der Waals surface area contributed by atoms with Crippen molar-refractivity contribution in [3.63, 3.8) is 0 Å². The lowest BCUT2D eigenvalue weighted by Crippen LogP contribution is -2.50. The highest BCUT2D eigenvalue weighted by atomic mass is 16.6. The van der Waals surface area contributed by atoms with Crippen LogP contribution in [0.15, 0.2) is 66.9 Å². The normalized spacial score (nSPS) is 16.7. The smallest absolute Gasteiger partial charge is 0.253 e. The first-order valence-corrected chi connectivity index (χ1v) is 11.5. The van der Waals surface area contributed by atoms with E-state index in [1.807, 2.05) is 59.6 Å². The van der Waals surface area contributed by atoms with E-state index in [9.17, 15) is 4.79 Å². The summed E-state index contributed by atoms with van der Waals surface area (Å²) in [5.41, 5.74) is 4.42. The molecule has 2 aromatic carbocycles. The predicted octanol–water partition coefficient (Wildman–Crippen LogP) is 3.99. The van der Waals surface area contributed by atoms with Crippen molar-refractivity contribution < 1.29 is 9.63 Å². The van der Waals surface area contributed by atoms with E-state index < -0.39 is 0 Å². The van der Waals surface area contributed by atoms with Crippen molar-refractivity contribution >= 4 is 16.8 Å². The number of carbonyl (C=O) groups is 1. The molecule has 2 heterocycles. The zero-order valence-corrected chi connectivity index (χ0v) is 18.7. The van der Waals surface area contributed by atoms with Gasteiger partial charge in [-0.05, 0) is 55.2 Å². The lowest BCUT2D eigenvalue weighted by molar-refractivity contribution is 0.0590. The number of hydrogen-bond donors (Lipinski definition) is 1. The number of benzene rings is 2. The Balaban J connectivity index is 0.000000203. The molecular weight excluding hydrogens is 400 g/mol. The summed E-state index contributed by atoms with van der Waals surface area (Å²) in [7, 11) is 1.71. The molecule has 0 bridgehead atoms. The predicted molar refractivity (Wildman–Crippen MR) is 128 cm³/mol. The second-order valence-electron chi connectivity index (χ2n) is 8.42. The first-order chi connectivity index (χ1) is 15.7. The van der Waals surface area contributed by atoms with Gasteiger partial charge in [0.25, 0.3) is 5.91 Å². The summed E-state index contributed by atoms with van der Waals surface area (Å²) >= 11 is 0. The maximum atomic E-state index is 12.5. The molecule has 1 saturated carbocycles. The van der Waals surface area contributed by atoms with Crippen LogP contribution in [0.1, 0.15) is 29.6 Å². The second kappa shape index (κ2) is 11.1. The number of piperazine rings is 1. The van der Waals surface area contributed by atoms with Gasteiger partial charge >= 0.3 is 0 Å². The van der Waals surface area contributed by atoms with Crippen molar-refractivity contribution in [3.8, 4) is 5.75 Å². The van der Waals surface area contributed by atoms with Crippen LogP contribution in [0.2, 0.25) is 0 Å². The largest absolute Gasteiger partial charge is 0.409 e. The summed E-state index contributed by atoms with van der Waals surface area (Å²) in [5.74, 6) is 1.74. The van der Waals surface area contributed by atoms with E-state index in [4.69, 9.17) is 4.84 Å². The Labute approximate surface area is 190 Å². The van der Waals surface area contributed by atoms with Crippen molar-refractivity contribution in [3.05, 3.63) is 72.4 Å². The van der Waals surface area contributed by atoms with E-state index in [2.05, 4.69) is 27.5 Å². The van der Waals surface area contributed by atoms with Crippen molar-refractivity contribution in [2.24, 2.45) is 5.92 Å². The molecule has 0 atom stereocenters. The summed E-state index contributed by atoms with van der Waals surface area (Å²) in [4.78, 5) is 26.3. The average molecular weight is 433 g/mol. The molecule has 1 aliphatic heterocycles. The lowest BCUT2D eigenvalue weighted by Gasteiger charge is -2.38. The standard InChI is InChI=1S/C17H25N3O2.C9H7N/c1-18-22-16-7-5-15(6-8-16)17(21)20-11-9-19(10-12-20)13-14-3-2-4-14;1-2-6-9-8(4-1)5-3-7-10-9/h5-8,14,18H,2-4,9-13H2,1H3;1-7H. The van der Waals surface area contributed by atoms with Gasteiger partial charge in [-0.15, -0.1) is 0 Å². The number of hydroxylamine groups is 1. The number of amides is 1. The van der Waals surface area contributed by atoms with Crippen LogP contribution < -0.4 is 10.3 Å². The van der Waals surface area contributed by atoms with Crippen LogP contribution in [-0.2, 0) is 0 Å². The van der Waals surface area contributed by atoms with Gasteiger partial charge in [-0.3, -0.25) is 14.7 Å². The number of pyridine rings is 1. The SMILES string of the molecule is CNOc1ccc(C(=O)N2CCN(CC3CCC3)CC2)cc1.c1ccc2ncccc2c1. The zero-order chi connectivity index (χ0) is 22.2. The van der Waals surface area contributed by atoms with Crippen molar-refractivity contribution in [1.29, 1.82) is 0 Å². The molecule has 6 nitrogen and oxygen atoms in total. The van der Waals surface area contributed by atoms with E-state index >= 15 is 0 Å². The van der Waals surface area contributed by atoms with Gasteiger partial charge in [0.1, 0.15) is 5.75 Å². The average Bonchev–Trinajstić information content (AvgIpc) is 2.83. The second-order valence-corrected chi connectivity index (χ2v) is 8.42. The molecule has 32 heavy (non-hydrogen) atoms. The number of aromatic nitrogens is 1. The van der Waals surface area contributed by atoms with E-state index in [1.165, 1.54) is 31.2 Å². The van der Waals surface area contributed by atoms with Crippen LogP contribution in [0.25, 0.3) is 10.9 Å². The van der Waals surface area contributed by atoms with Gasteiger partial charge in [-0.25, -0.2) is 0 Å². The Bertz CT molecular complexity index is 931. The fourth-order valence-electron chi connectivity index (χ4n) is 4.16. The number of nitrogens with one attached hydrogen (secondary N) is 1. The van der Waals surface area contributed by atoms with Gasteiger partial charge in [0, 0.05) is 56.9 Å². The quantitative estimate of drug-likeness (QED) is 0.618. The number of fused-ring (bicyclic) bond motifs is 1. The maximum absolute atomic E-state index is 12.5. The van der Waals surface area contributed by atoms with Crippen LogP contribution in [0, 0.1) is 5.92 Å². The lowest BCUT2D eigenvalue weighted by atomic mass is 9.85. The molecule has 6 heteroatoms. The van der Waals surface area contributed by atoms with Gasteiger partial charge in [0.05, 0.1) is 5.52 Å². The molecule has 0 radical (unpaired) electrons. The van der Waals surface area contributed by atoms with E-state index in [0.29, 0.717) is 5.75 Å². The van der Waals surface area contributed by atoms with Crippen molar-refractivity contribution in [2.75, 3.05) is 39.8 Å². The summed E-state index contributed by atoms with van der Waals surface area (Å²) in [6.07, 6.45) is 5.99. The van der Waals surface area contributed by atoms with Crippen molar-refractivity contribution in [2.45, 2.75) is 19.3 Å². The Morgan fingerprint density at radius 2 is 1.72 bits per heavy atom. The molecule has 1 amide bonds. The van der Waals surface area contributed by atoms with Crippen molar-refractivity contribution in [1.82, 2.24) is 20.3 Å². The van der Waals surface area contributed by atoms with Gasteiger partial charge in [0.15, 0.2) is 0 Å². The Morgan fingerprint density at radius 3 is 2.38 bits per heavy atom. The third-order valence-electron chi connectivity index (χ3n) is 6.23. The maximum Gasteiger partial charge on any atom is 0.253 e. The molecule has 1 aromatic heterocycles. The molecule has 168 valence electrons. The van der Waals surface area contributed by atoms with E-state index in [-0.39, 0.29) is 5.91 Å². The third-order valence-corrected chi connectivity index (χ3v) is 6.23. The molecule has 1 aliphatic carbocycles. The molecular formula is C26H32N4O2. The van der Waals surface area contributed by atoms with E-state index in [0.717, 1.165) is 43.2 Å². The summed E-state index contributed by atoms with van der Waals surface area (Å²) in [5, 5.41) is 1.20. The highest BCUT2D eigenvalue weighted by Gasteiger charge is 2.25. The van der Waals surface area contributed by atoms with Gasteiger partial charge in [-0.1, -0.05) is 30.7 Å². The van der Waals surface area contributed by atoms with Crippen LogP contribution >= 0.6 is 0 Å². The number of para-hydroxylation sites is 1. The minimum Gasteiger partial charge on any atom is -0.409 e. The molecule has 3 aromatic rings.